The van der Waals surface area contributed by atoms with Gasteiger partial charge < -0.3 is 23.8 Å². The number of esters is 1. The van der Waals surface area contributed by atoms with Crippen LogP contribution in [0.3, 0.4) is 0 Å². The Balaban J connectivity index is 0.000000177. The lowest BCUT2D eigenvalue weighted by molar-refractivity contribution is 0.0734. The third-order valence-electron chi connectivity index (χ3n) is 15.8. The fraction of sp³-hybridized carbons (Fsp3) is 0.415. The van der Waals surface area contributed by atoms with Crippen molar-refractivity contribution in [3.63, 3.8) is 0 Å². The molecular formula is C65H73N3O8S2. The lowest BCUT2D eigenvalue weighted by Gasteiger charge is -2.26. The molecule has 11 rings (SSSR count). The van der Waals surface area contributed by atoms with Crippen LogP contribution < -0.4 is 18.9 Å². The SMILES string of the molecule is CN(C)C(=O)Oc1ccc2c(C(=O)c3ccc(OCCN4CCCCC4)cc3)c(C3CCCCC3)sc2c1.O=C(Oc1ccc2c(C(=O)c3ccc(OCCN4CCCC4)cc3)c(C3CCCCC3)sc2c1)c1ccccc1. The molecule has 2 aliphatic carbocycles. The van der Waals surface area contributed by atoms with Crippen molar-refractivity contribution in [1.29, 1.82) is 0 Å². The van der Waals surface area contributed by atoms with E-state index in [1.165, 1.54) is 80.4 Å². The highest BCUT2D eigenvalue weighted by molar-refractivity contribution is 7.20. The fourth-order valence-corrected chi connectivity index (χ4v) is 14.3. The van der Waals surface area contributed by atoms with Crippen LogP contribution in [-0.4, -0.2) is 105 Å². The standard InChI is InChI=1S/C34H35NO4S.C31H38N2O4S/c36-32(24-13-15-27(16-14-24)38-22-21-35-19-7-8-20-35)31-29-18-17-28(39-34(37)26-11-5-2-6-12-26)23-30(29)40-33(31)25-9-3-1-4-10-25;1-32(2)31(35)37-25-15-16-26-27(21-25)38-30(23-9-5-3-6-10-23)28(26)29(34)22-11-13-24(14-12-22)36-20-19-33-17-7-4-8-18-33/h2,5-6,11-18,23,25H,1,3-4,7-10,19-22H2;11-16,21,23H,3-10,17-20H2,1-2H3. The minimum absolute atomic E-state index is 0.0458. The zero-order valence-electron chi connectivity index (χ0n) is 45.3. The van der Waals surface area contributed by atoms with E-state index in [1.807, 2.05) is 91.0 Å². The van der Waals surface area contributed by atoms with Gasteiger partial charge in [-0.2, -0.15) is 0 Å². The van der Waals surface area contributed by atoms with Crippen molar-refractivity contribution in [2.24, 2.45) is 0 Å². The van der Waals surface area contributed by atoms with Gasteiger partial charge in [0.1, 0.15) is 36.2 Å². The molecule has 7 aromatic rings. The predicted octanol–water partition coefficient (Wildman–Crippen LogP) is 15.0. The fourth-order valence-electron chi connectivity index (χ4n) is 11.5. The molecule has 78 heavy (non-hydrogen) atoms. The molecule has 0 bridgehead atoms. The predicted molar refractivity (Wildman–Crippen MR) is 313 cm³/mol. The van der Waals surface area contributed by atoms with Crippen LogP contribution in [-0.2, 0) is 0 Å². The van der Waals surface area contributed by atoms with E-state index in [9.17, 15) is 19.2 Å². The number of hydrogen-bond donors (Lipinski definition) is 0. The average molecular weight is 1090 g/mol. The summed E-state index contributed by atoms with van der Waals surface area (Å²) in [5, 5.41) is 1.87. The number of benzene rings is 5. The Morgan fingerprint density at radius 3 is 1.33 bits per heavy atom. The van der Waals surface area contributed by atoms with Gasteiger partial charge in [-0.25, -0.2) is 9.59 Å². The summed E-state index contributed by atoms with van der Waals surface area (Å²) in [6.45, 7) is 7.84. The van der Waals surface area contributed by atoms with Gasteiger partial charge in [0.2, 0.25) is 0 Å². The number of fused-ring (bicyclic) bond motifs is 2. The van der Waals surface area contributed by atoms with Gasteiger partial charge in [-0.05, 0) is 186 Å². The van der Waals surface area contributed by atoms with E-state index < -0.39 is 6.09 Å². The maximum Gasteiger partial charge on any atom is 0.414 e. The van der Waals surface area contributed by atoms with Gasteiger partial charge in [0.25, 0.3) is 0 Å². The van der Waals surface area contributed by atoms with Crippen LogP contribution in [0.2, 0.25) is 0 Å². The van der Waals surface area contributed by atoms with Crippen LogP contribution in [0.15, 0.2) is 115 Å². The Morgan fingerprint density at radius 2 is 0.885 bits per heavy atom. The third kappa shape index (κ3) is 13.7. The normalized spacial score (nSPS) is 16.6. The van der Waals surface area contributed by atoms with E-state index in [0.29, 0.717) is 53.2 Å². The Bertz CT molecular complexity index is 3140. The van der Waals surface area contributed by atoms with Crippen molar-refractivity contribution >= 4 is 66.5 Å². The van der Waals surface area contributed by atoms with Crippen LogP contribution in [0, 0.1) is 0 Å². The van der Waals surface area contributed by atoms with Crippen molar-refractivity contribution in [3.05, 3.63) is 153 Å². The van der Waals surface area contributed by atoms with E-state index in [1.54, 1.807) is 61.0 Å². The summed E-state index contributed by atoms with van der Waals surface area (Å²) in [6, 6.07) is 35.5. The molecule has 4 heterocycles. The highest BCUT2D eigenvalue weighted by atomic mass is 32.1. The van der Waals surface area contributed by atoms with E-state index in [0.717, 1.165) is 113 Å². The molecule has 4 fully saturated rings. The number of thiophene rings is 2. The second-order valence-electron chi connectivity index (χ2n) is 21.5. The van der Waals surface area contributed by atoms with Gasteiger partial charge in [-0.15, -0.1) is 22.7 Å². The molecule has 408 valence electrons. The number of rotatable bonds is 17. The quantitative estimate of drug-likeness (QED) is 0.0496. The lowest BCUT2D eigenvalue weighted by Crippen LogP contribution is -2.33. The number of carbonyl (C=O) groups excluding carboxylic acids is 4. The van der Waals surface area contributed by atoms with Gasteiger partial charge in [0.05, 0.1) is 5.56 Å². The summed E-state index contributed by atoms with van der Waals surface area (Å²) >= 11 is 3.35. The van der Waals surface area contributed by atoms with Crippen molar-refractivity contribution < 1.29 is 38.1 Å². The summed E-state index contributed by atoms with van der Waals surface area (Å²) in [5.74, 6) is 3.07. The smallest absolute Gasteiger partial charge is 0.414 e. The molecule has 1 amide bonds. The molecule has 2 aliphatic heterocycles. The van der Waals surface area contributed by atoms with E-state index in [-0.39, 0.29) is 17.5 Å². The molecule has 0 unspecified atom stereocenters. The first-order valence-corrected chi connectivity index (χ1v) is 30.1. The second-order valence-corrected chi connectivity index (χ2v) is 23.7. The van der Waals surface area contributed by atoms with Gasteiger partial charge in [0.15, 0.2) is 11.6 Å². The zero-order chi connectivity index (χ0) is 53.8. The van der Waals surface area contributed by atoms with Crippen molar-refractivity contribution in [1.82, 2.24) is 14.7 Å². The first kappa shape index (κ1) is 55.0. The molecule has 2 saturated carbocycles. The average Bonchev–Trinajstić information content (AvgIpc) is 4.42. The maximum absolute atomic E-state index is 14.0. The Kier molecular flexibility index (Phi) is 18.7. The first-order valence-electron chi connectivity index (χ1n) is 28.4. The molecule has 0 spiro atoms. The molecule has 5 aromatic carbocycles. The number of nitrogens with zero attached hydrogens (tertiary/aromatic N) is 3. The topological polar surface area (TPSA) is 115 Å². The zero-order valence-corrected chi connectivity index (χ0v) is 46.9. The van der Waals surface area contributed by atoms with Crippen LogP contribution in [0.1, 0.15) is 160 Å². The largest absolute Gasteiger partial charge is 0.492 e. The van der Waals surface area contributed by atoms with Crippen molar-refractivity contribution in [3.8, 4) is 23.0 Å². The van der Waals surface area contributed by atoms with Crippen LogP contribution in [0.5, 0.6) is 23.0 Å². The van der Waals surface area contributed by atoms with Crippen LogP contribution in [0.4, 0.5) is 4.79 Å². The van der Waals surface area contributed by atoms with Crippen LogP contribution in [0.25, 0.3) is 20.2 Å². The molecule has 11 nitrogen and oxygen atoms in total. The maximum atomic E-state index is 14.0. The summed E-state index contributed by atoms with van der Waals surface area (Å²) in [6.07, 6.45) is 17.7. The molecule has 0 atom stereocenters. The van der Waals surface area contributed by atoms with Crippen molar-refractivity contribution in [2.75, 3.05) is 66.6 Å². The van der Waals surface area contributed by atoms with Gasteiger partial charge in [0, 0.05) is 79.4 Å². The lowest BCUT2D eigenvalue weighted by atomic mass is 9.85. The number of carbonyl (C=O) groups is 4. The van der Waals surface area contributed by atoms with Gasteiger partial charge in [-0.3, -0.25) is 19.4 Å². The van der Waals surface area contributed by atoms with E-state index in [4.69, 9.17) is 18.9 Å². The Hall–Kier alpha value is -6.38. The minimum atomic E-state index is -0.414. The molecule has 0 N–H and O–H groups in total. The minimum Gasteiger partial charge on any atom is -0.492 e. The number of piperidine rings is 1. The molecule has 2 aromatic heterocycles. The molecular weight excluding hydrogens is 1010 g/mol. The molecule has 13 heteroatoms. The Morgan fingerprint density at radius 1 is 0.474 bits per heavy atom. The van der Waals surface area contributed by atoms with Gasteiger partial charge in [-0.1, -0.05) is 63.1 Å². The molecule has 4 aliphatic rings. The molecule has 2 saturated heterocycles. The van der Waals surface area contributed by atoms with E-state index in [2.05, 4.69) is 9.80 Å². The summed E-state index contributed by atoms with van der Waals surface area (Å²) in [4.78, 5) is 61.3. The Labute approximate surface area is 467 Å². The highest BCUT2D eigenvalue weighted by Crippen LogP contribution is 2.46. The second kappa shape index (κ2) is 26.5. The summed E-state index contributed by atoms with van der Waals surface area (Å²) in [5.41, 5.74) is 3.46. The number of amides is 1. The number of ketones is 2. The van der Waals surface area contributed by atoms with Crippen molar-refractivity contribution in [2.45, 2.75) is 108 Å². The third-order valence-corrected chi connectivity index (χ3v) is 18.4. The highest BCUT2D eigenvalue weighted by Gasteiger charge is 2.30. The summed E-state index contributed by atoms with van der Waals surface area (Å²) < 4.78 is 25.1. The monoisotopic (exact) mass is 1090 g/mol. The van der Waals surface area contributed by atoms with E-state index >= 15 is 0 Å². The number of ether oxygens (including phenoxy) is 4. The van der Waals surface area contributed by atoms with Crippen LogP contribution >= 0.6 is 22.7 Å². The molecule has 0 radical (unpaired) electrons. The summed E-state index contributed by atoms with van der Waals surface area (Å²) in [7, 11) is 3.32. The number of likely N-dealkylation sites (tertiary alicyclic amines) is 2. The van der Waals surface area contributed by atoms with Gasteiger partial charge >= 0.3 is 12.1 Å². The first-order chi connectivity index (χ1) is 38.1. The number of hydrogen-bond acceptors (Lipinski definition) is 12.